The maximum Gasteiger partial charge on any atom is 0.317 e. The Labute approximate surface area is 373 Å². The number of carbonyl (C=O) groups excluding carboxylic acids is 4. The summed E-state index contributed by atoms with van der Waals surface area (Å²) in [5.74, 6) is 7.62. The Hall–Kier alpha value is -7.66. The number of amides is 6. The molecule has 14 nitrogen and oxygen atoms in total. The van der Waals surface area contributed by atoms with E-state index >= 15 is 0 Å². The van der Waals surface area contributed by atoms with E-state index in [1.54, 1.807) is 40.6 Å². The lowest BCUT2D eigenvalue weighted by Crippen LogP contribution is -2.45. The first-order valence-corrected chi connectivity index (χ1v) is 21.5. The minimum absolute atomic E-state index is 0.168. The van der Waals surface area contributed by atoms with Crippen LogP contribution in [0.15, 0.2) is 122 Å². The van der Waals surface area contributed by atoms with Gasteiger partial charge in [-0.2, -0.15) is 0 Å². The highest BCUT2D eigenvalue weighted by Gasteiger charge is 2.38. The molecule has 6 amide bonds. The molecule has 2 fully saturated rings. The molecular weight excluding hydrogens is 805 g/mol. The molecule has 4 heterocycles. The van der Waals surface area contributed by atoms with Gasteiger partial charge in [0, 0.05) is 52.4 Å². The molecule has 4 aromatic carbocycles. The zero-order valence-corrected chi connectivity index (χ0v) is 36.4. The quantitative estimate of drug-likeness (QED) is 0.106. The second kappa shape index (κ2) is 19.2. The summed E-state index contributed by atoms with van der Waals surface area (Å²) in [7, 11) is 6.61. The van der Waals surface area contributed by atoms with Crippen LogP contribution in [0.5, 0.6) is 0 Å². The third kappa shape index (κ3) is 9.53. The van der Waals surface area contributed by atoms with Gasteiger partial charge in [0.05, 0.1) is 35.9 Å². The van der Waals surface area contributed by atoms with Gasteiger partial charge in [-0.05, 0) is 72.2 Å². The minimum Gasteiger partial charge on any atom is -0.340 e. The van der Waals surface area contributed by atoms with Crippen molar-refractivity contribution in [3.63, 3.8) is 0 Å². The van der Waals surface area contributed by atoms with Crippen molar-refractivity contribution in [3.05, 3.63) is 155 Å². The van der Waals surface area contributed by atoms with Crippen LogP contribution in [0, 0.1) is 11.8 Å². The van der Waals surface area contributed by atoms with Gasteiger partial charge in [0.1, 0.15) is 23.7 Å². The zero-order valence-electron chi connectivity index (χ0n) is 36.4. The SMILES string of the molecule is CN(C)C(=O)N[C@@H](C(=O)N1CCC[C@H]1c1ncc(-c2ccc(C#Cc3ccc(-c4cnc([C@@H]5CCCN5C(=O)[C@H](NC(=O)N(C)C)c5ccccc5)[nH]4)cc3)cc2)[nH]1)c1ccccc1. The normalized spacial score (nSPS) is 16.6. The summed E-state index contributed by atoms with van der Waals surface area (Å²) in [5, 5.41) is 5.81. The van der Waals surface area contributed by atoms with Crippen molar-refractivity contribution in [2.45, 2.75) is 49.9 Å². The molecule has 0 bridgehead atoms. The molecular formula is C50H52N10O4. The number of aromatic nitrogens is 4. The van der Waals surface area contributed by atoms with E-state index in [9.17, 15) is 19.2 Å². The summed E-state index contributed by atoms with van der Waals surface area (Å²) < 4.78 is 0. The van der Waals surface area contributed by atoms with E-state index in [0.29, 0.717) is 24.7 Å². The van der Waals surface area contributed by atoms with Gasteiger partial charge < -0.3 is 40.2 Å². The van der Waals surface area contributed by atoms with Crippen LogP contribution in [-0.4, -0.2) is 105 Å². The predicted molar refractivity (Wildman–Crippen MR) is 244 cm³/mol. The van der Waals surface area contributed by atoms with Crippen molar-refractivity contribution >= 4 is 23.9 Å². The molecule has 2 aliphatic rings. The highest BCUT2D eigenvalue weighted by molar-refractivity contribution is 5.89. The average Bonchev–Trinajstić information content (AvgIpc) is 4.17. The minimum atomic E-state index is -0.818. The van der Waals surface area contributed by atoms with Gasteiger partial charge in [0.2, 0.25) is 11.8 Å². The molecule has 2 aliphatic heterocycles. The standard InChI is InChI=1S/C50H52N10O4/c1-57(2)49(63)55-43(37-13-7-5-8-14-37)47(61)59-29-11-17-41(59)45-51-31-39(53-45)35-25-21-33(22-26-35)19-20-34-23-27-36(28-24-34)40-32-52-46(54-40)42-18-12-30-60(42)48(62)44(56-50(64)58(3)4)38-15-9-6-10-16-38/h5-10,13-16,21-28,31-32,41-44H,11-12,17-18,29-30H2,1-4H3,(H,51,53)(H,52,54)(H,55,63)(H,56,64)/t41-,42-,43+,44+/m0/s1. The molecule has 14 heteroatoms. The van der Waals surface area contributed by atoms with Gasteiger partial charge >= 0.3 is 12.1 Å². The van der Waals surface area contributed by atoms with Crippen molar-refractivity contribution in [3.8, 4) is 34.4 Å². The number of aromatic amines is 2. The Kier molecular flexibility index (Phi) is 12.9. The first-order valence-electron chi connectivity index (χ1n) is 21.5. The van der Waals surface area contributed by atoms with E-state index in [2.05, 4.69) is 32.4 Å². The molecule has 4 atom stereocenters. The molecule has 0 saturated carbocycles. The van der Waals surface area contributed by atoms with Crippen LogP contribution in [0.1, 0.15) is 83.8 Å². The number of rotatable bonds is 10. The van der Waals surface area contributed by atoms with Crippen LogP contribution < -0.4 is 10.6 Å². The van der Waals surface area contributed by atoms with Crippen molar-refractivity contribution in [2.75, 3.05) is 41.3 Å². The first kappa shape index (κ1) is 43.0. The number of hydrogen-bond acceptors (Lipinski definition) is 6. The molecule has 0 radical (unpaired) electrons. The highest BCUT2D eigenvalue weighted by atomic mass is 16.2. The zero-order chi connectivity index (χ0) is 44.7. The number of H-pyrrole nitrogens is 2. The molecule has 0 unspecified atom stereocenters. The van der Waals surface area contributed by atoms with Crippen molar-refractivity contribution in [1.29, 1.82) is 0 Å². The number of likely N-dealkylation sites (tertiary alicyclic amines) is 2. The Balaban J connectivity index is 0.902. The summed E-state index contributed by atoms with van der Waals surface area (Å²) >= 11 is 0. The highest BCUT2D eigenvalue weighted by Crippen LogP contribution is 2.36. The Morgan fingerprint density at radius 1 is 0.578 bits per heavy atom. The number of benzene rings is 4. The number of nitrogens with one attached hydrogen (secondary N) is 4. The van der Waals surface area contributed by atoms with Gasteiger partial charge in [-0.25, -0.2) is 19.6 Å². The van der Waals surface area contributed by atoms with E-state index in [-0.39, 0.29) is 36.0 Å². The molecule has 0 aliphatic carbocycles. The second-order valence-electron chi connectivity index (χ2n) is 16.5. The lowest BCUT2D eigenvalue weighted by molar-refractivity contribution is -0.135. The molecule has 2 saturated heterocycles. The van der Waals surface area contributed by atoms with Crippen molar-refractivity contribution < 1.29 is 19.2 Å². The summed E-state index contributed by atoms with van der Waals surface area (Å²) in [4.78, 5) is 76.2. The van der Waals surface area contributed by atoms with Gasteiger partial charge in [0.15, 0.2) is 0 Å². The summed E-state index contributed by atoms with van der Waals surface area (Å²) in [5.41, 5.74) is 6.73. The van der Waals surface area contributed by atoms with Crippen LogP contribution >= 0.6 is 0 Å². The molecule has 64 heavy (non-hydrogen) atoms. The Morgan fingerprint density at radius 3 is 1.31 bits per heavy atom. The third-order valence-corrected chi connectivity index (χ3v) is 11.7. The number of carbonyl (C=O) groups is 4. The molecule has 2 aromatic heterocycles. The fourth-order valence-electron chi connectivity index (χ4n) is 8.25. The van der Waals surface area contributed by atoms with Crippen LogP contribution in [0.2, 0.25) is 0 Å². The fourth-order valence-corrected chi connectivity index (χ4v) is 8.25. The maximum atomic E-state index is 14.0. The topological polar surface area (TPSA) is 163 Å². The summed E-state index contributed by atoms with van der Waals surface area (Å²) in [6.45, 7) is 1.14. The second-order valence-corrected chi connectivity index (χ2v) is 16.5. The fraction of sp³-hybridized carbons (Fsp3) is 0.280. The Bertz CT molecular complexity index is 2470. The lowest BCUT2D eigenvalue weighted by atomic mass is 10.0. The molecule has 4 N–H and O–H groups in total. The Morgan fingerprint density at radius 2 is 0.953 bits per heavy atom. The first-order chi connectivity index (χ1) is 31.0. The number of nitrogens with zero attached hydrogens (tertiary/aromatic N) is 6. The largest absolute Gasteiger partial charge is 0.340 e. The third-order valence-electron chi connectivity index (χ3n) is 11.7. The smallest absolute Gasteiger partial charge is 0.317 e. The van der Waals surface area contributed by atoms with Gasteiger partial charge in [-0.3, -0.25) is 9.59 Å². The van der Waals surface area contributed by atoms with E-state index in [1.165, 1.54) is 9.80 Å². The van der Waals surface area contributed by atoms with Crippen LogP contribution in [0.4, 0.5) is 9.59 Å². The number of imidazole rings is 2. The van der Waals surface area contributed by atoms with Crippen molar-refractivity contribution in [2.24, 2.45) is 0 Å². The summed E-state index contributed by atoms with van der Waals surface area (Å²) in [6.07, 6.45) is 6.77. The molecule has 6 aromatic rings. The van der Waals surface area contributed by atoms with Crippen molar-refractivity contribution in [1.82, 2.24) is 50.2 Å². The number of urea groups is 2. The van der Waals surface area contributed by atoms with Crippen LogP contribution in [0.25, 0.3) is 22.5 Å². The average molecular weight is 857 g/mol. The van der Waals surface area contributed by atoms with Gasteiger partial charge in [-0.15, -0.1) is 0 Å². The maximum absolute atomic E-state index is 14.0. The van der Waals surface area contributed by atoms with E-state index < -0.39 is 12.1 Å². The van der Waals surface area contributed by atoms with Gasteiger partial charge in [0.25, 0.3) is 0 Å². The van der Waals surface area contributed by atoms with Crippen LogP contribution in [0.3, 0.4) is 0 Å². The van der Waals surface area contributed by atoms with Crippen LogP contribution in [-0.2, 0) is 9.59 Å². The molecule has 8 rings (SSSR count). The lowest BCUT2D eigenvalue weighted by Gasteiger charge is -2.29. The molecule has 0 spiro atoms. The summed E-state index contributed by atoms with van der Waals surface area (Å²) in [6, 6.07) is 31.7. The van der Waals surface area contributed by atoms with E-state index in [1.807, 2.05) is 119 Å². The monoisotopic (exact) mass is 856 g/mol. The predicted octanol–water partition coefficient (Wildman–Crippen LogP) is 7.22. The van der Waals surface area contributed by atoms with E-state index in [4.69, 9.17) is 9.97 Å². The van der Waals surface area contributed by atoms with E-state index in [0.717, 1.165) is 70.5 Å². The number of hydrogen-bond donors (Lipinski definition) is 4. The van der Waals surface area contributed by atoms with Gasteiger partial charge in [-0.1, -0.05) is 96.8 Å². The molecule has 326 valence electrons.